The molecule has 0 saturated carbocycles. The van der Waals surface area contributed by atoms with Crippen LogP contribution in [0.1, 0.15) is 26.6 Å². The van der Waals surface area contributed by atoms with E-state index in [1.165, 1.54) is 19.4 Å². The summed E-state index contributed by atoms with van der Waals surface area (Å²) in [4.78, 5) is 35.6. The second kappa shape index (κ2) is 9.20. The molecular formula is C16H17N3O5S2. The minimum atomic E-state index is -1.04. The quantitative estimate of drug-likeness (QED) is 0.692. The number of carbonyl (C=O) groups excluding carboxylic acids is 3. The second-order valence-electron chi connectivity index (χ2n) is 5.18. The van der Waals surface area contributed by atoms with Gasteiger partial charge in [0.1, 0.15) is 10.6 Å². The molecule has 2 amide bonds. The standard InChI is InChI=1S/C16H17N3O5S2/c1-24-16(22)13-9-12(19-25-13)15(21)18-11-5-3-4-10(8-11)17-14(20)6-7-26(2)23/h3-5,8-9H,6-7H2,1-2H3,(H,17,20)(H,18,21). The normalized spacial score (nSPS) is 11.5. The summed E-state index contributed by atoms with van der Waals surface area (Å²) in [6.07, 6.45) is 1.68. The average Bonchev–Trinajstić information content (AvgIpc) is 3.10. The van der Waals surface area contributed by atoms with Crippen LogP contribution in [0.4, 0.5) is 11.4 Å². The highest BCUT2D eigenvalue weighted by Crippen LogP contribution is 2.17. The Balaban J connectivity index is 2.00. The molecule has 0 fully saturated rings. The van der Waals surface area contributed by atoms with Gasteiger partial charge in [0.25, 0.3) is 5.91 Å². The first-order chi connectivity index (χ1) is 12.4. The fraction of sp³-hybridized carbons (Fsp3) is 0.250. The number of hydrogen-bond donors (Lipinski definition) is 2. The first-order valence-electron chi connectivity index (χ1n) is 7.45. The molecule has 2 rings (SSSR count). The van der Waals surface area contributed by atoms with Crippen molar-refractivity contribution in [3.05, 3.63) is 40.9 Å². The molecule has 0 saturated heterocycles. The van der Waals surface area contributed by atoms with E-state index in [1.807, 2.05) is 0 Å². The molecule has 0 bridgehead atoms. The molecule has 1 aromatic carbocycles. The first kappa shape index (κ1) is 19.7. The molecule has 1 unspecified atom stereocenters. The predicted molar refractivity (Wildman–Crippen MR) is 100 cm³/mol. The van der Waals surface area contributed by atoms with Crippen molar-refractivity contribution in [1.29, 1.82) is 0 Å². The Bertz CT molecular complexity index is 850. The fourth-order valence-corrected chi connectivity index (χ4v) is 3.04. The average molecular weight is 395 g/mol. The highest BCUT2D eigenvalue weighted by molar-refractivity contribution is 7.84. The minimum absolute atomic E-state index is 0.0928. The highest BCUT2D eigenvalue weighted by Gasteiger charge is 2.16. The summed E-state index contributed by atoms with van der Waals surface area (Å²) in [7, 11) is 0.213. The van der Waals surface area contributed by atoms with E-state index >= 15 is 0 Å². The van der Waals surface area contributed by atoms with Gasteiger partial charge in [0.05, 0.1) is 7.11 Å². The number of esters is 1. The minimum Gasteiger partial charge on any atom is -0.465 e. The molecule has 0 aliphatic heterocycles. The number of anilines is 2. The van der Waals surface area contributed by atoms with Gasteiger partial charge in [-0.25, -0.2) is 4.79 Å². The van der Waals surface area contributed by atoms with Gasteiger partial charge in [-0.2, -0.15) is 4.37 Å². The fourth-order valence-electron chi connectivity index (χ4n) is 1.91. The van der Waals surface area contributed by atoms with E-state index in [-0.39, 0.29) is 28.7 Å². The molecule has 0 aliphatic carbocycles. The summed E-state index contributed by atoms with van der Waals surface area (Å²) in [5.41, 5.74) is 1.05. The van der Waals surface area contributed by atoms with Crippen molar-refractivity contribution in [2.24, 2.45) is 0 Å². The van der Waals surface area contributed by atoms with Crippen LogP contribution >= 0.6 is 11.5 Å². The Morgan fingerprint density at radius 2 is 1.88 bits per heavy atom. The van der Waals surface area contributed by atoms with Gasteiger partial charge in [0, 0.05) is 40.6 Å². The van der Waals surface area contributed by atoms with Crippen molar-refractivity contribution in [2.75, 3.05) is 29.8 Å². The van der Waals surface area contributed by atoms with E-state index in [1.54, 1.807) is 24.3 Å². The lowest BCUT2D eigenvalue weighted by Crippen LogP contribution is -2.15. The smallest absolute Gasteiger partial charge is 0.349 e. The van der Waals surface area contributed by atoms with Crippen LogP contribution in [0, 0.1) is 0 Å². The Morgan fingerprint density at radius 1 is 1.19 bits per heavy atom. The molecule has 1 heterocycles. The lowest BCUT2D eigenvalue weighted by Gasteiger charge is -2.08. The Labute approximate surface area is 156 Å². The largest absolute Gasteiger partial charge is 0.465 e. The number of ether oxygens (including phenoxy) is 1. The zero-order valence-corrected chi connectivity index (χ0v) is 15.7. The van der Waals surface area contributed by atoms with E-state index in [2.05, 4.69) is 19.7 Å². The Hall–Kier alpha value is -2.59. The van der Waals surface area contributed by atoms with Crippen LogP contribution in [0.5, 0.6) is 0 Å². The zero-order valence-electron chi connectivity index (χ0n) is 14.1. The van der Waals surface area contributed by atoms with Crippen molar-refractivity contribution >= 4 is 51.5 Å². The predicted octanol–water partition coefficient (Wildman–Crippen LogP) is 1.89. The van der Waals surface area contributed by atoms with Crippen molar-refractivity contribution in [2.45, 2.75) is 6.42 Å². The monoisotopic (exact) mass is 395 g/mol. The van der Waals surface area contributed by atoms with Crippen LogP contribution in [0.2, 0.25) is 0 Å². The van der Waals surface area contributed by atoms with Crippen molar-refractivity contribution in [1.82, 2.24) is 4.37 Å². The number of nitrogens with zero attached hydrogens (tertiary/aromatic N) is 1. The van der Waals surface area contributed by atoms with E-state index < -0.39 is 22.7 Å². The summed E-state index contributed by atoms with van der Waals surface area (Å²) in [6.45, 7) is 0. The molecule has 0 aliphatic rings. The molecular weight excluding hydrogens is 378 g/mol. The number of carbonyl (C=O) groups is 3. The van der Waals surface area contributed by atoms with Gasteiger partial charge in [-0.15, -0.1) is 0 Å². The van der Waals surface area contributed by atoms with Crippen molar-refractivity contribution in [3.8, 4) is 0 Å². The maximum absolute atomic E-state index is 12.2. The van der Waals surface area contributed by atoms with E-state index in [4.69, 9.17) is 0 Å². The maximum Gasteiger partial charge on any atom is 0.349 e. The molecule has 0 spiro atoms. The highest BCUT2D eigenvalue weighted by atomic mass is 32.2. The number of aromatic nitrogens is 1. The van der Waals surface area contributed by atoms with E-state index in [9.17, 15) is 18.6 Å². The zero-order chi connectivity index (χ0) is 19.1. The number of amides is 2. The molecule has 2 N–H and O–H groups in total. The lowest BCUT2D eigenvalue weighted by molar-refractivity contribution is -0.115. The molecule has 138 valence electrons. The Morgan fingerprint density at radius 3 is 2.54 bits per heavy atom. The van der Waals surface area contributed by atoms with Crippen LogP contribution in [-0.4, -0.2) is 45.5 Å². The third-order valence-corrected chi connectivity index (χ3v) is 4.70. The van der Waals surface area contributed by atoms with Gasteiger partial charge in [-0.1, -0.05) is 6.07 Å². The van der Waals surface area contributed by atoms with E-state index in [0.717, 1.165) is 11.5 Å². The van der Waals surface area contributed by atoms with Crippen LogP contribution in [-0.2, 0) is 20.3 Å². The number of methoxy groups -OCH3 is 1. The third-order valence-electron chi connectivity index (χ3n) is 3.15. The van der Waals surface area contributed by atoms with Gasteiger partial charge in [0.15, 0.2) is 0 Å². The number of rotatable bonds is 7. The number of nitrogens with one attached hydrogen (secondary N) is 2. The third kappa shape index (κ3) is 5.74. The van der Waals surface area contributed by atoms with Crippen LogP contribution in [0.15, 0.2) is 30.3 Å². The van der Waals surface area contributed by atoms with Gasteiger partial charge in [-0.3, -0.25) is 13.8 Å². The summed E-state index contributed by atoms with van der Waals surface area (Å²) in [5, 5.41) is 5.32. The Kier molecular flexibility index (Phi) is 6.98. The SMILES string of the molecule is COC(=O)c1cc(C(=O)Nc2cccc(NC(=O)CCS(C)=O)c2)ns1. The number of hydrogen-bond acceptors (Lipinski definition) is 7. The summed E-state index contributed by atoms with van der Waals surface area (Å²) in [5.74, 6) is -1.01. The first-order valence-corrected chi connectivity index (χ1v) is 9.95. The van der Waals surface area contributed by atoms with E-state index in [0.29, 0.717) is 11.4 Å². The van der Waals surface area contributed by atoms with Crippen LogP contribution < -0.4 is 10.6 Å². The second-order valence-corrected chi connectivity index (χ2v) is 7.54. The molecule has 0 radical (unpaired) electrons. The summed E-state index contributed by atoms with van der Waals surface area (Å²) < 4.78 is 19.5. The maximum atomic E-state index is 12.2. The topological polar surface area (TPSA) is 114 Å². The molecule has 1 atom stereocenters. The van der Waals surface area contributed by atoms with Crippen molar-refractivity contribution < 1.29 is 23.3 Å². The van der Waals surface area contributed by atoms with Crippen LogP contribution in [0.3, 0.4) is 0 Å². The molecule has 8 nitrogen and oxygen atoms in total. The molecule has 2 aromatic rings. The van der Waals surface area contributed by atoms with Gasteiger partial charge >= 0.3 is 5.97 Å². The van der Waals surface area contributed by atoms with Crippen molar-refractivity contribution in [3.63, 3.8) is 0 Å². The molecule has 10 heteroatoms. The van der Waals surface area contributed by atoms with Gasteiger partial charge in [0.2, 0.25) is 5.91 Å². The van der Waals surface area contributed by atoms with Crippen LogP contribution in [0.25, 0.3) is 0 Å². The summed E-state index contributed by atoms with van der Waals surface area (Å²) in [6, 6.07) is 7.94. The molecule has 26 heavy (non-hydrogen) atoms. The number of benzene rings is 1. The molecule has 1 aromatic heterocycles. The lowest BCUT2D eigenvalue weighted by atomic mass is 10.2. The van der Waals surface area contributed by atoms with Gasteiger partial charge < -0.3 is 15.4 Å². The summed E-state index contributed by atoms with van der Waals surface area (Å²) >= 11 is 0.873. The van der Waals surface area contributed by atoms with Gasteiger partial charge in [-0.05, 0) is 35.8 Å².